The molecule has 0 aliphatic carbocycles. The minimum Gasteiger partial charge on any atom is -0.451 e. The van der Waals surface area contributed by atoms with Crippen molar-refractivity contribution in [3.05, 3.63) is 72.1 Å². The smallest absolute Gasteiger partial charge is 0.264 e. The van der Waals surface area contributed by atoms with Crippen LogP contribution in [0.15, 0.2) is 60.4 Å². The minimum absolute atomic E-state index is 0.0690. The lowest BCUT2D eigenvalue weighted by Crippen LogP contribution is -2.39. The Balaban J connectivity index is 1.45. The largest absolute Gasteiger partial charge is 0.451 e. The molecule has 1 aliphatic heterocycles. The van der Waals surface area contributed by atoms with Crippen LogP contribution in [-0.4, -0.2) is 43.1 Å². The Morgan fingerprint density at radius 1 is 1.20 bits per heavy atom. The second-order valence-electron chi connectivity index (χ2n) is 9.90. The van der Waals surface area contributed by atoms with E-state index in [-0.39, 0.29) is 35.0 Å². The van der Waals surface area contributed by atoms with Gasteiger partial charge < -0.3 is 15.4 Å². The lowest BCUT2D eigenvalue weighted by molar-refractivity contribution is -0.127. The average molecular weight is 544 g/mol. The summed E-state index contributed by atoms with van der Waals surface area (Å²) < 4.78 is 35.2. The molecule has 0 radical (unpaired) electrons. The molecule has 3 heterocycles. The first-order chi connectivity index (χ1) is 19.3. The Morgan fingerprint density at radius 2 is 1.93 bits per heavy atom. The Bertz CT molecular complexity index is 1620. The highest BCUT2D eigenvalue weighted by Crippen LogP contribution is 2.34. The molecule has 0 bridgehead atoms. The number of nitriles is 1. The average Bonchev–Trinajstić information content (AvgIpc) is 3.55. The molecule has 40 heavy (non-hydrogen) atoms. The highest BCUT2D eigenvalue weighted by atomic mass is 19.1. The third-order valence-electron chi connectivity index (χ3n) is 6.70. The molecule has 1 fully saturated rings. The summed E-state index contributed by atoms with van der Waals surface area (Å²) >= 11 is 0. The number of fused-ring (bicyclic) bond motifs is 1. The second-order valence-corrected chi connectivity index (χ2v) is 9.90. The quantitative estimate of drug-likeness (QED) is 0.250. The fourth-order valence-electron chi connectivity index (χ4n) is 4.88. The van der Waals surface area contributed by atoms with Gasteiger partial charge in [-0.25, -0.2) is 23.4 Å². The predicted octanol–water partition coefficient (Wildman–Crippen LogP) is 5.24. The first-order valence-corrected chi connectivity index (χ1v) is 12.9. The van der Waals surface area contributed by atoms with Gasteiger partial charge in [0.05, 0.1) is 18.0 Å². The van der Waals surface area contributed by atoms with Crippen LogP contribution in [0.5, 0.6) is 11.5 Å². The van der Waals surface area contributed by atoms with E-state index in [0.717, 1.165) is 25.0 Å². The molecule has 1 saturated heterocycles. The Hall–Kier alpha value is -4.85. The van der Waals surface area contributed by atoms with Crippen LogP contribution >= 0.6 is 0 Å². The van der Waals surface area contributed by atoms with Crippen molar-refractivity contribution in [2.75, 3.05) is 12.3 Å². The van der Waals surface area contributed by atoms with Crippen molar-refractivity contribution in [2.24, 2.45) is 5.92 Å². The van der Waals surface area contributed by atoms with Gasteiger partial charge in [0.15, 0.2) is 23.0 Å². The van der Waals surface area contributed by atoms with Crippen molar-refractivity contribution in [1.29, 1.82) is 5.26 Å². The van der Waals surface area contributed by atoms with Crippen LogP contribution in [0.4, 0.5) is 14.6 Å². The zero-order valence-electron chi connectivity index (χ0n) is 22.0. The van der Waals surface area contributed by atoms with E-state index >= 15 is 0 Å². The van der Waals surface area contributed by atoms with Crippen molar-refractivity contribution < 1.29 is 18.3 Å². The van der Waals surface area contributed by atoms with Gasteiger partial charge in [0, 0.05) is 12.1 Å². The van der Waals surface area contributed by atoms with E-state index in [1.54, 1.807) is 39.9 Å². The number of nitrogens with zero attached hydrogens (tertiary/aromatic N) is 6. The normalized spacial score (nSPS) is 15.6. The fourth-order valence-corrected chi connectivity index (χ4v) is 4.88. The van der Waals surface area contributed by atoms with Gasteiger partial charge in [-0.15, -0.1) is 0 Å². The standard InChI is InChI=1S/C29H27F2N7O2/c1-17(2)13-19(14-32)29(39)37-12-4-5-20(37)15-38-28-24(27(33)34-16-35-28)25(36-38)18-8-10-21(11-9-18)40-26-22(30)6-3-7-23(26)31/h3,6-11,13,16-17,20H,4-5,12,15H2,1-2H3,(H2,33,34,35)/t20-/m0/s1. The molecule has 4 aromatic rings. The zero-order valence-corrected chi connectivity index (χ0v) is 22.0. The van der Waals surface area contributed by atoms with Gasteiger partial charge in [-0.1, -0.05) is 26.0 Å². The Morgan fingerprint density at radius 3 is 2.60 bits per heavy atom. The monoisotopic (exact) mass is 543 g/mol. The van der Waals surface area contributed by atoms with Crippen LogP contribution in [0.25, 0.3) is 22.3 Å². The van der Waals surface area contributed by atoms with Gasteiger partial charge in [-0.3, -0.25) is 4.79 Å². The molecule has 204 valence electrons. The topological polar surface area (TPSA) is 123 Å². The van der Waals surface area contributed by atoms with Crippen LogP contribution in [0.1, 0.15) is 26.7 Å². The van der Waals surface area contributed by atoms with Crippen LogP contribution in [0, 0.1) is 28.9 Å². The van der Waals surface area contributed by atoms with E-state index in [9.17, 15) is 18.8 Å². The SMILES string of the molecule is CC(C)C=C(C#N)C(=O)N1CCC[C@H]1Cn1nc(-c2ccc(Oc3c(F)cccc3F)cc2)c2c(N)ncnc21. The number of halogens is 2. The summed E-state index contributed by atoms with van der Waals surface area (Å²) in [6.45, 7) is 4.75. The summed E-state index contributed by atoms with van der Waals surface area (Å²) in [7, 11) is 0. The number of anilines is 1. The lowest BCUT2D eigenvalue weighted by atomic mass is 10.1. The van der Waals surface area contributed by atoms with Crippen LogP contribution in [0.2, 0.25) is 0 Å². The summed E-state index contributed by atoms with van der Waals surface area (Å²) in [5.74, 6) is -1.83. The van der Waals surface area contributed by atoms with E-state index in [1.807, 2.05) is 19.9 Å². The molecule has 1 aliphatic rings. The zero-order chi connectivity index (χ0) is 28.4. The number of nitrogens with two attached hydrogens (primary N) is 1. The van der Waals surface area contributed by atoms with Gasteiger partial charge in [0.2, 0.25) is 0 Å². The first kappa shape index (κ1) is 26.7. The van der Waals surface area contributed by atoms with Crippen molar-refractivity contribution in [2.45, 2.75) is 39.3 Å². The van der Waals surface area contributed by atoms with Gasteiger partial charge >= 0.3 is 0 Å². The molecule has 1 atom stereocenters. The third kappa shape index (κ3) is 5.20. The van der Waals surface area contributed by atoms with Crippen LogP contribution < -0.4 is 10.5 Å². The van der Waals surface area contributed by atoms with E-state index in [1.165, 1.54) is 12.4 Å². The summed E-state index contributed by atoms with van der Waals surface area (Å²) in [4.78, 5) is 23.4. The Kier molecular flexibility index (Phi) is 7.42. The highest BCUT2D eigenvalue weighted by molar-refractivity contribution is 5.99. The number of likely N-dealkylation sites (tertiary alicyclic amines) is 1. The van der Waals surface area contributed by atoms with E-state index < -0.39 is 17.4 Å². The summed E-state index contributed by atoms with van der Waals surface area (Å²) in [6.07, 6.45) is 4.60. The fraction of sp³-hybridized carbons (Fsp3) is 0.276. The number of hydrogen-bond donors (Lipinski definition) is 1. The predicted molar refractivity (Wildman–Crippen MR) is 145 cm³/mol. The number of ether oxygens (including phenoxy) is 1. The molecule has 11 heteroatoms. The van der Waals surface area contributed by atoms with Gasteiger partial charge in [0.1, 0.15) is 35.2 Å². The Labute approximate surface area is 229 Å². The van der Waals surface area contributed by atoms with Gasteiger partial charge in [-0.2, -0.15) is 10.4 Å². The number of amides is 1. The van der Waals surface area contributed by atoms with Crippen molar-refractivity contribution in [3.8, 4) is 28.8 Å². The number of aromatic nitrogens is 4. The first-order valence-electron chi connectivity index (χ1n) is 12.9. The maximum atomic E-state index is 14.0. The molecule has 0 unspecified atom stereocenters. The maximum Gasteiger partial charge on any atom is 0.264 e. The van der Waals surface area contributed by atoms with E-state index in [4.69, 9.17) is 15.6 Å². The van der Waals surface area contributed by atoms with Gasteiger partial charge in [0.25, 0.3) is 5.91 Å². The number of carbonyl (C=O) groups excluding carboxylic acids is 1. The molecule has 9 nitrogen and oxygen atoms in total. The number of benzene rings is 2. The maximum absolute atomic E-state index is 14.0. The van der Waals surface area contributed by atoms with Gasteiger partial charge in [-0.05, 0) is 55.2 Å². The summed E-state index contributed by atoms with van der Waals surface area (Å²) in [5, 5.41) is 14.9. The number of rotatable bonds is 7. The molecule has 0 spiro atoms. The number of carbonyl (C=O) groups is 1. The number of allylic oxidation sites excluding steroid dienone is 1. The lowest BCUT2D eigenvalue weighted by Gasteiger charge is -2.24. The molecule has 1 amide bonds. The third-order valence-corrected chi connectivity index (χ3v) is 6.70. The summed E-state index contributed by atoms with van der Waals surface area (Å²) in [6, 6.07) is 11.9. The summed E-state index contributed by atoms with van der Waals surface area (Å²) in [5.41, 5.74) is 8.07. The van der Waals surface area contributed by atoms with E-state index in [2.05, 4.69) is 9.97 Å². The van der Waals surface area contributed by atoms with Crippen molar-refractivity contribution in [3.63, 3.8) is 0 Å². The molecular formula is C29H27F2N7O2. The van der Waals surface area contributed by atoms with E-state index in [0.29, 0.717) is 35.4 Å². The second kappa shape index (κ2) is 11.1. The molecule has 5 rings (SSSR count). The number of nitrogen functional groups attached to an aromatic ring is 1. The molecule has 0 saturated carbocycles. The molecule has 2 N–H and O–H groups in total. The number of para-hydroxylation sites is 1. The van der Waals surface area contributed by atoms with Crippen molar-refractivity contribution >= 4 is 22.8 Å². The van der Waals surface area contributed by atoms with Crippen LogP contribution in [-0.2, 0) is 11.3 Å². The molecular weight excluding hydrogens is 516 g/mol. The highest BCUT2D eigenvalue weighted by Gasteiger charge is 2.32. The minimum atomic E-state index is -0.806. The molecule has 2 aromatic carbocycles. The number of hydrogen-bond acceptors (Lipinski definition) is 7. The van der Waals surface area contributed by atoms with Crippen molar-refractivity contribution in [1.82, 2.24) is 24.6 Å². The molecule has 2 aromatic heterocycles. The van der Waals surface area contributed by atoms with Crippen LogP contribution in [0.3, 0.4) is 0 Å².